The molecule has 2 N–H and O–H groups in total. The first-order valence-corrected chi connectivity index (χ1v) is 15.4. The molecule has 0 aliphatic carbocycles. The zero-order valence-corrected chi connectivity index (χ0v) is 24.1. The maximum atomic E-state index is 13.7. The number of benzene rings is 3. The number of ketones is 1. The number of piperazine rings is 1. The van der Waals surface area contributed by atoms with E-state index >= 15 is 0 Å². The highest BCUT2D eigenvalue weighted by Gasteiger charge is 2.32. The number of alkyl halides is 3. The van der Waals surface area contributed by atoms with E-state index in [1.807, 2.05) is 18.2 Å². The lowest BCUT2D eigenvalue weighted by atomic mass is 10.0. The third kappa shape index (κ3) is 7.79. The van der Waals surface area contributed by atoms with Crippen LogP contribution in [0.1, 0.15) is 23.1 Å². The van der Waals surface area contributed by atoms with Gasteiger partial charge in [-0.05, 0) is 71.6 Å². The normalized spacial score (nSPS) is 14.0. The van der Waals surface area contributed by atoms with Gasteiger partial charge in [-0.3, -0.25) is 14.5 Å². The van der Waals surface area contributed by atoms with Crippen LogP contribution in [0.5, 0.6) is 0 Å². The van der Waals surface area contributed by atoms with Crippen LogP contribution in [0.3, 0.4) is 0 Å². The number of hydrogen-bond acceptors (Lipinski definition) is 6. The molecule has 2 heterocycles. The average Bonchev–Trinajstić information content (AvgIpc) is 3.01. The topological polar surface area (TPSA) is 91.4 Å². The Morgan fingerprint density at radius 1 is 0.930 bits per heavy atom. The summed E-state index contributed by atoms with van der Waals surface area (Å²) in [5.41, 5.74) is 2.10. The summed E-state index contributed by atoms with van der Waals surface area (Å²) in [6.07, 6.45) is -0.124. The van der Waals surface area contributed by atoms with Crippen molar-refractivity contribution in [1.29, 1.82) is 0 Å². The average molecular weight is 609 g/mol. The van der Waals surface area contributed by atoms with Crippen LogP contribution in [0.2, 0.25) is 0 Å². The molecule has 1 aliphatic heterocycles. The second kappa shape index (κ2) is 13.0. The molecule has 1 fully saturated rings. The molecule has 0 amide bonds. The van der Waals surface area contributed by atoms with E-state index in [4.69, 9.17) is 0 Å². The van der Waals surface area contributed by atoms with E-state index in [1.165, 1.54) is 12.1 Å². The second-order valence-electron chi connectivity index (χ2n) is 10.4. The van der Waals surface area contributed by atoms with Gasteiger partial charge in [0.15, 0.2) is 0 Å². The van der Waals surface area contributed by atoms with E-state index in [0.717, 1.165) is 61.2 Å². The van der Waals surface area contributed by atoms with E-state index < -0.39 is 21.8 Å². The molecule has 0 unspecified atom stereocenters. The number of carbonyl (C=O) groups excluding carboxylic acids is 1. The lowest BCUT2D eigenvalue weighted by molar-refractivity contribution is -0.137. The van der Waals surface area contributed by atoms with Gasteiger partial charge in [-0.2, -0.15) is 13.2 Å². The molecule has 11 heteroatoms. The van der Waals surface area contributed by atoms with Crippen molar-refractivity contribution in [2.24, 2.45) is 0 Å². The Labute approximate surface area is 248 Å². The van der Waals surface area contributed by atoms with Crippen LogP contribution in [-0.4, -0.2) is 45.4 Å². The number of aromatic nitrogens is 1. The minimum absolute atomic E-state index is 0.0367. The smallest absolute Gasteiger partial charge is 0.369 e. The van der Waals surface area contributed by atoms with Gasteiger partial charge in [-0.25, -0.2) is 8.42 Å². The molecule has 1 aromatic heterocycles. The standard InChI is InChI=1S/C32H31F3N4O3S/c33-32(34,35)26-9-13-31(30(21-26)25-4-1-5-28(20-25)39-17-15-36-16-18-39)43(41,42)38-27-10-6-23(7-11-27)19-29(40)12-8-24-3-2-14-37-22-24/h1-7,9-11,13-14,20-22,36,38H,8,12,15-19H2. The van der Waals surface area contributed by atoms with Gasteiger partial charge in [0.25, 0.3) is 10.0 Å². The number of halogens is 3. The van der Waals surface area contributed by atoms with Gasteiger partial charge in [0, 0.05) is 68.4 Å². The Balaban J connectivity index is 1.36. The summed E-state index contributed by atoms with van der Waals surface area (Å²) in [4.78, 5) is 18.3. The molecule has 0 spiro atoms. The van der Waals surface area contributed by atoms with E-state index in [0.29, 0.717) is 18.4 Å². The molecule has 0 saturated carbocycles. The van der Waals surface area contributed by atoms with Crippen molar-refractivity contribution >= 4 is 27.2 Å². The van der Waals surface area contributed by atoms with Crippen molar-refractivity contribution in [3.05, 3.63) is 108 Å². The molecule has 3 aromatic carbocycles. The SMILES string of the molecule is O=C(CCc1cccnc1)Cc1ccc(NS(=O)(=O)c2ccc(C(F)(F)F)cc2-c2cccc(N3CCNCC3)c2)cc1. The fourth-order valence-electron chi connectivity index (χ4n) is 5.01. The van der Waals surface area contributed by atoms with Crippen molar-refractivity contribution in [3.8, 4) is 11.1 Å². The summed E-state index contributed by atoms with van der Waals surface area (Å²) in [6.45, 7) is 3.00. The Kier molecular flexibility index (Phi) is 9.12. The molecule has 1 aliphatic rings. The van der Waals surface area contributed by atoms with E-state index in [9.17, 15) is 26.4 Å². The maximum Gasteiger partial charge on any atom is 0.416 e. The lowest BCUT2D eigenvalue weighted by Crippen LogP contribution is -2.43. The molecule has 7 nitrogen and oxygen atoms in total. The Morgan fingerprint density at radius 3 is 2.40 bits per heavy atom. The molecule has 4 aromatic rings. The Morgan fingerprint density at radius 2 is 1.70 bits per heavy atom. The van der Waals surface area contributed by atoms with Gasteiger partial charge in [0.1, 0.15) is 5.78 Å². The quantitative estimate of drug-likeness (QED) is 0.239. The first-order chi connectivity index (χ1) is 20.6. The maximum absolute atomic E-state index is 13.7. The number of hydrogen-bond donors (Lipinski definition) is 2. The van der Waals surface area contributed by atoms with Crippen LogP contribution in [0.25, 0.3) is 11.1 Å². The number of aryl methyl sites for hydroxylation is 1. The van der Waals surface area contributed by atoms with Crippen molar-refractivity contribution in [1.82, 2.24) is 10.3 Å². The first-order valence-electron chi connectivity index (χ1n) is 13.9. The van der Waals surface area contributed by atoms with Crippen LogP contribution in [-0.2, 0) is 33.8 Å². The zero-order chi connectivity index (χ0) is 30.5. The molecule has 0 atom stereocenters. The molecule has 0 bridgehead atoms. The van der Waals surface area contributed by atoms with Crippen LogP contribution < -0.4 is 14.9 Å². The first kappa shape index (κ1) is 30.2. The number of rotatable bonds is 10. The summed E-state index contributed by atoms with van der Waals surface area (Å²) < 4.78 is 70.7. The minimum Gasteiger partial charge on any atom is -0.369 e. The highest BCUT2D eigenvalue weighted by molar-refractivity contribution is 7.92. The summed E-state index contributed by atoms with van der Waals surface area (Å²) in [6, 6.07) is 19.7. The summed E-state index contributed by atoms with van der Waals surface area (Å²) in [7, 11) is -4.28. The van der Waals surface area contributed by atoms with Crippen molar-refractivity contribution in [3.63, 3.8) is 0 Å². The predicted octanol–water partition coefficient (Wildman–Crippen LogP) is 5.72. The zero-order valence-electron chi connectivity index (χ0n) is 23.3. The van der Waals surface area contributed by atoms with Crippen LogP contribution in [0.15, 0.2) is 96.2 Å². The van der Waals surface area contributed by atoms with Gasteiger partial charge in [-0.1, -0.05) is 30.3 Å². The number of carbonyl (C=O) groups is 1. The summed E-state index contributed by atoms with van der Waals surface area (Å²) in [5.74, 6) is 0.0367. The number of Topliss-reactive ketones (excluding diaryl/α,β-unsaturated/α-hetero) is 1. The Hall–Kier alpha value is -4.22. The molecule has 43 heavy (non-hydrogen) atoms. The summed E-state index contributed by atoms with van der Waals surface area (Å²) >= 11 is 0. The van der Waals surface area contributed by atoms with Crippen LogP contribution in [0, 0.1) is 0 Å². The number of anilines is 2. The van der Waals surface area contributed by atoms with Gasteiger partial charge >= 0.3 is 6.18 Å². The van der Waals surface area contributed by atoms with Gasteiger partial charge < -0.3 is 10.2 Å². The van der Waals surface area contributed by atoms with Crippen molar-refractivity contribution < 1.29 is 26.4 Å². The molecular formula is C32H31F3N4O3S. The lowest BCUT2D eigenvalue weighted by Gasteiger charge is -2.29. The molecule has 0 radical (unpaired) electrons. The monoisotopic (exact) mass is 608 g/mol. The fourth-order valence-corrected chi connectivity index (χ4v) is 6.28. The van der Waals surface area contributed by atoms with E-state index in [1.54, 1.807) is 42.7 Å². The van der Waals surface area contributed by atoms with Gasteiger partial charge in [0.05, 0.1) is 10.5 Å². The molecule has 1 saturated heterocycles. The molecule has 224 valence electrons. The number of nitrogens with zero attached hydrogens (tertiary/aromatic N) is 2. The highest BCUT2D eigenvalue weighted by Crippen LogP contribution is 2.37. The van der Waals surface area contributed by atoms with Crippen LogP contribution in [0.4, 0.5) is 24.5 Å². The minimum atomic E-state index is -4.65. The van der Waals surface area contributed by atoms with Crippen LogP contribution >= 0.6 is 0 Å². The summed E-state index contributed by atoms with van der Waals surface area (Å²) in [5, 5.41) is 3.26. The number of nitrogens with one attached hydrogen (secondary N) is 2. The third-order valence-corrected chi connectivity index (χ3v) is 8.70. The highest BCUT2D eigenvalue weighted by atomic mass is 32.2. The van der Waals surface area contributed by atoms with Crippen molar-refractivity contribution in [2.45, 2.75) is 30.3 Å². The fraction of sp³-hybridized carbons (Fsp3) is 0.250. The van der Waals surface area contributed by atoms with Gasteiger partial charge in [0.2, 0.25) is 0 Å². The predicted molar refractivity (Wildman–Crippen MR) is 160 cm³/mol. The molecular weight excluding hydrogens is 577 g/mol. The van der Waals surface area contributed by atoms with Crippen molar-refractivity contribution in [2.75, 3.05) is 35.8 Å². The Bertz CT molecular complexity index is 1670. The number of sulfonamides is 1. The van der Waals surface area contributed by atoms with E-state index in [-0.39, 0.29) is 28.4 Å². The third-order valence-electron chi connectivity index (χ3n) is 7.26. The van der Waals surface area contributed by atoms with E-state index in [2.05, 4.69) is 19.9 Å². The number of pyridine rings is 1. The van der Waals surface area contributed by atoms with Gasteiger partial charge in [-0.15, -0.1) is 0 Å². The second-order valence-corrected chi connectivity index (χ2v) is 12.0. The molecule has 5 rings (SSSR count). The largest absolute Gasteiger partial charge is 0.416 e.